The fourth-order valence-corrected chi connectivity index (χ4v) is 1.64. The van der Waals surface area contributed by atoms with E-state index in [1.165, 1.54) is 0 Å². The van der Waals surface area contributed by atoms with E-state index in [1.807, 2.05) is 24.3 Å². The van der Waals surface area contributed by atoms with Crippen molar-refractivity contribution in [3.8, 4) is 5.75 Å². The van der Waals surface area contributed by atoms with Crippen molar-refractivity contribution in [1.29, 1.82) is 0 Å². The summed E-state index contributed by atoms with van der Waals surface area (Å²) in [4.78, 5) is 22.3. The first-order valence-electron chi connectivity index (χ1n) is 6.26. The Hall–Kier alpha value is -2.30. The number of hydrogen-bond donors (Lipinski definition) is 2. The molecule has 19 heavy (non-hydrogen) atoms. The molecule has 0 bridgehead atoms. The van der Waals surface area contributed by atoms with Gasteiger partial charge in [-0.1, -0.05) is 25.5 Å². The van der Waals surface area contributed by atoms with Crippen LogP contribution >= 0.6 is 0 Å². The maximum Gasteiger partial charge on any atom is 0.326 e. The maximum absolute atomic E-state index is 11.3. The molecule has 3 amide bonds. The highest BCUT2D eigenvalue weighted by atomic mass is 16.5. The number of unbranched alkanes of at least 4 members (excludes halogenated alkanes) is 1. The third-order valence-corrected chi connectivity index (χ3v) is 2.68. The summed E-state index contributed by atoms with van der Waals surface area (Å²) in [5.41, 5.74) is 1.08. The van der Waals surface area contributed by atoms with Crippen LogP contribution in [0.1, 0.15) is 25.3 Å². The van der Waals surface area contributed by atoms with Gasteiger partial charge in [0.1, 0.15) is 11.4 Å². The lowest BCUT2D eigenvalue weighted by Crippen LogP contribution is -2.22. The first-order chi connectivity index (χ1) is 9.19. The van der Waals surface area contributed by atoms with Gasteiger partial charge in [0, 0.05) is 0 Å². The number of benzene rings is 1. The second-order valence-electron chi connectivity index (χ2n) is 4.24. The van der Waals surface area contributed by atoms with Gasteiger partial charge in [-0.05, 0) is 30.2 Å². The molecule has 2 N–H and O–H groups in total. The van der Waals surface area contributed by atoms with Crippen LogP contribution in [0.4, 0.5) is 4.79 Å². The number of ether oxygens (including phenoxy) is 1. The van der Waals surface area contributed by atoms with Gasteiger partial charge in [-0.25, -0.2) is 4.79 Å². The summed E-state index contributed by atoms with van der Waals surface area (Å²) >= 11 is 0. The van der Waals surface area contributed by atoms with Crippen LogP contribution in [0, 0.1) is 0 Å². The molecule has 0 spiro atoms. The quantitative estimate of drug-likeness (QED) is 0.483. The van der Waals surface area contributed by atoms with E-state index in [0.29, 0.717) is 6.61 Å². The first kappa shape index (κ1) is 13.1. The van der Waals surface area contributed by atoms with Crippen LogP contribution in [0.5, 0.6) is 5.75 Å². The molecule has 0 saturated carbocycles. The fraction of sp³-hybridized carbons (Fsp3) is 0.286. The summed E-state index contributed by atoms with van der Waals surface area (Å²) in [6.07, 6.45) is 3.74. The molecule has 1 aliphatic rings. The summed E-state index contributed by atoms with van der Waals surface area (Å²) in [5, 5.41) is 4.59. The Labute approximate surface area is 111 Å². The highest BCUT2D eigenvalue weighted by molar-refractivity contribution is 6.13. The van der Waals surface area contributed by atoms with Gasteiger partial charge in [-0.15, -0.1) is 0 Å². The van der Waals surface area contributed by atoms with Crippen molar-refractivity contribution in [2.24, 2.45) is 0 Å². The van der Waals surface area contributed by atoms with Crippen LogP contribution < -0.4 is 15.4 Å². The lowest BCUT2D eigenvalue weighted by Gasteiger charge is -2.05. The largest absolute Gasteiger partial charge is 0.494 e. The highest BCUT2D eigenvalue weighted by Gasteiger charge is 2.22. The zero-order chi connectivity index (χ0) is 13.7. The smallest absolute Gasteiger partial charge is 0.326 e. The van der Waals surface area contributed by atoms with Crippen molar-refractivity contribution in [2.45, 2.75) is 19.8 Å². The molecule has 0 aliphatic carbocycles. The average molecular weight is 260 g/mol. The number of nitrogens with one attached hydrogen (secondary N) is 2. The number of urea groups is 1. The third kappa shape index (κ3) is 3.58. The Bertz CT molecular complexity index is 506. The Morgan fingerprint density at radius 3 is 2.47 bits per heavy atom. The molecule has 1 aromatic carbocycles. The first-order valence-corrected chi connectivity index (χ1v) is 6.26. The Balaban J connectivity index is 2.00. The molecule has 100 valence electrons. The van der Waals surface area contributed by atoms with Crippen molar-refractivity contribution in [3.63, 3.8) is 0 Å². The monoisotopic (exact) mass is 260 g/mol. The Morgan fingerprint density at radius 2 is 1.89 bits per heavy atom. The number of carbonyl (C=O) groups excluding carboxylic acids is 2. The minimum atomic E-state index is -0.490. The topological polar surface area (TPSA) is 67.4 Å². The fourth-order valence-electron chi connectivity index (χ4n) is 1.64. The molecule has 1 aromatic rings. The molecule has 0 aromatic heterocycles. The minimum Gasteiger partial charge on any atom is -0.494 e. The van der Waals surface area contributed by atoms with Gasteiger partial charge >= 0.3 is 6.03 Å². The molecule has 0 atom stereocenters. The van der Waals surface area contributed by atoms with Gasteiger partial charge in [0.2, 0.25) is 0 Å². The second-order valence-corrected chi connectivity index (χ2v) is 4.24. The Kier molecular flexibility index (Phi) is 4.18. The molecule has 1 saturated heterocycles. The predicted octanol–water partition coefficient (Wildman–Crippen LogP) is 2.05. The summed E-state index contributed by atoms with van der Waals surface area (Å²) < 4.78 is 5.54. The van der Waals surface area contributed by atoms with Crippen LogP contribution in [-0.2, 0) is 4.79 Å². The average Bonchev–Trinajstić information content (AvgIpc) is 2.70. The van der Waals surface area contributed by atoms with E-state index in [1.54, 1.807) is 6.08 Å². The maximum atomic E-state index is 11.3. The second kappa shape index (κ2) is 6.04. The predicted molar refractivity (Wildman–Crippen MR) is 71.5 cm³/mol. The number of amides is 3. The lowest BCUT2D eigenvalue weighted by atomic mass is 10.2. The van der Waals surface area contributed by atoms with Crippen LogP contribution in [0.25, 0.3) is 6.08 Å². The van der Waals surface area contributed by atoms with Crippen molar-refractivity contribution in [1.82, 2.24) is 10.6 Å². The molecule has 0 radical (unpaired) electrons. The van der Waals surface area contributed by atoms with Crippen molar-refractivity contribution < 1.29 is 14.3 Å². The van der Waals surface area contributed by atoms with Gasteiger partial charge in [-0.2, -0.15) is 0 Å². The van der Waals surface area contributed by atoms with Gasteiger partial charge in [-0.3, -0.25) is 10.1 Å². The molecule has 2 rings (SSSR count). The van der Waals surface area contributed by atoms with E-state index in [4.69, 9.17) is 4.74 Å². The van der Waals surface area contributed by atoms with E-state index in [0.717, 1.165) is 24.2 Å². The van der Waals surface area contributed by atoms with Crippen LogP contribution in [-0.4, -0.2) is 18.5 Å². The molecule has 1 heterocycles. The van der Waals surface area contributed by atoms with Crippen LogP contribution in [0.2, 0.25) is 0 Å². The summed E-state index contributed by atoms with van der Waals surface area (Å²) in [6.45, 7) is 2.81. The summed E-state index contributed by atoms with van der Waals surface area (Å²) in [6, 6.07) is 6.88. The SMILES string of the molecule is CCCCOc1ccc(/C=C2/NC(=O)NC2=O)cc1. The zero-order valence-corrected chi connectivity index (χ0v) is 10.7. The lowest BCUT2D eigenvalue weighted by molar-refractivity contribution is -0.115. The molecule has 0 unspecified atom stereocenters. The summed E-state index contributed by atoms with van der Waals surface area (Å²) in [7, 11) is 0. The van der Waals surface area contributed by atoms with E-state index in [-0.39, 0.29) is 5.70 Å². The molecular formula is C14H16N2O3. The van der Waals surface area contributed by atoms with Gasteiger partial charge in [0.05, 0.1) is 6.61 Å². The van der Waals surface area contributed by atoms with Crippen molar-refractivity contribution >= 4 is 18.0 Å². The van der Waals surface area contributed by atoms with Gasteiger partial charge in [0.15, 0.2) is 0 Å². The number of hydrogen-bond acceptors (Lipinski definition) is 3. The number of imide groups is 1. The third-order valence-electron chi connectivity index (χ3n) is 2.68. The minimum absolute atomic E-state index is 0.254. The molecule has 1 aliphatic heterocycles. The van der Waals surface area contributed by atoms with Gasteiger partial charge in [0.25, 0.3) is 5.91 Å². The standard InChI is InChI=1S/C14H16N2O3/c1-2-3-8-19-11-6-4-10(5-7-11)9-12-13(17)16-14(18)15-12/h4-7,9H,2-3,8H2,1H3,(H2,15,16,17,18)/b12-9+. The molecule has 1 fully saturated rings. The summed E-state index contributed by atoms with van der Waals surface area (Å²) in [5.74, 6) is 0.392. The molecular weight excluding hydrogens is 244 g/mol. The Morgan fingerprint density at radius 1 is 1.16 bits per heavy atom. The van der Waals surface area contributed by atoms with E-state index >= 15 is 0 Å². The van der Waals surface area contributed by atoms with E-state index in [9.17, 15) is 9.59 Å². The highest BCUT2D eigenvalue weighted by Crippen LogP contribution is 2.15. The van der Waals surface area contributed by atoms with Crippen LogP contribution in [0.15, 0.2) is 30.0 Å². The van der Waals surface area contributed by atoms with Gasteiger partial charge < -0.3 is 10.1 Å². The molecule has 5 nitrogen and oxygen atoms in total. The normalized spacial score (nSPS) is 16.4. The van der Waals surface area contributed by atoms with E-state index in [2.05, 4.69) is 17.6 Å². The van der Waals surface area contributed by atoms with Crippen molar-refractivity contribution in [2.75, 3.05) is 6.61 Å². The number of carbonyl (C=O) groups is 2. The zero-order valence-electron chi connectivity index (χ0n) is 10.7. The number of rotatable bonds is 5. The van der Waals surface area contributed by atoms with Crippen molar-refractivity contribution in [3.05, 3.63) is 35.5 Å². The molecule has 5 heteroatoms. The van der Waals surface area contributed by atoms with Crippen LogP contribution in [0.3, 0.4) is 0 Å². The van der Waals surface area contributed by atoms with E-state index < -0.39 is 11.9 Å².